The van der Waals surface area contributed by atoms with Gasteiger partial charge in [-0.2, -0.15) is 0 Å². The summed E-state index contributed by atoms with van der Waals surface area (Å²) in [5.74, 6) is 0.596. The summed E-state index contributed by atoms with van der Waals surface area (Å²) >= 11 is 1.32. The Morgan fingerprint density at radius 3 is 2.67 bits per heavy atom. The predicted molar refractivity (Wildman–Crippen MR) is 92.5 cm³/mol. The van der Waals surface area contributed by atoms with Crippen LogP contribution in [0.4, 0.5) is 0 Å². The fraction of sp³-hybridized carbons (Fsp3) is 0.588. The number of rotatable bonds is 4. The van der Waals surface area contributed by atoms with Gasteiger partial charge in [0, 0.05) is 36.8 Å². The highest BCUT2D eigenvalue weighted by Crippen LogP contribution is 2.30. The smallest absolute Gasteiger partial charge is 0.355 e. The minimum Gasteiger partial charge on any atom is -0.476 e. The molecule has 24 heavy (non-hydrogen) atoms. The molecule has 3 rings (SSSR count). The number of hydrogen-bond donors (Lipinski definition) is 1. The van der Waals surface area contributed by atoms with Crippen molar-refractivity contribution in [3.8, 4) is 10.7 Å². The normalized spacial score (nSPS) is 16.5. The van der Waals surface area contributed by atoms with Crippen LogP contribution in [0.15, 0.2) is 11.6 Å². The van der Waals surface area contributed by atoms with Crippen molar-refractivity contribution in [1.29, 1.82) is 0 Å². The Hall–Kier alpha value is -1.73. The maximum absolute atomic E-state index is 11.0. The van der Waals surface area contributed by atoms with Crippen LogP contribution in [-0.2, 0) is 16.7 Å². The molecule has 0 spiro atoms. The minimum atomic E-state index is -1.00. The van der Waals surface area contributed by atoms with Crippen LogP contribution in [0.1, 0.15) is 49.9 Å². The Morgan fingerprint density at radius 2 is 2.08 bits per heavy atom. The number of thiazole rings is 1. The number of carbonyl (C=O) groups is 1. The van der Waals surface area contributed by atoms with Gasteiger partial charge in [0.1, 0.15) is 16.5 Å². The minimum absolute atomic E-state index is 0.0753. The largest absolute Gasteiger partial charge is 0.476 e. The van der Waals surface area contributed by atoms with E-state index in [4.69, 9.17) is 14.8 Å². The van der Waals surface area contributed by atoms with Crippen molar-refractivity contribution >= 4 is 17.3 Å². The maximum atomic E-state index is 11.0. The zero-order valence-electron chi connectivity index (χ0n) is 14.3. The van der Waals surface area contributed by atoms with Gasteiger partial charge in [-0.25, -0.2) is 14.8 Å². The molecular formula is C17H23N3O3S. The Balaban J connectivity index is 1.91. The van der Waals surface area contributed by atoms with Gasteiger partial charge in [0.2, 0.25) is 0 Å². The standard InChI is InChI=1S/C17H23N3O3S/c1-17(2,3)16-19-12(14-18-13(10-24-14)15(21)22)9-20(16)8-11-4-6-23-7-5-11/h9-11H,4-8H2,1-3H3,(H,21,22). The summed E-state index contributed by atoms with van der Waals surface area (Å²) in [6.45, 7) is 9.00. The summed E-state index contributed by atoms with van der Waals surface area (Å²) in [6, 6.07) is 0. The predicted octanol–water partition coefficient (Wildman–Crippen LogP) is 3.43. The van der Waals surface area contributed by atoms with E-state index in [1.807, 2.05) is 6.20 Å². The molecule has 0 unspecified atom stereocenters. The molecular weight excluding hydrogens is 326 g/mol. The molecule has 1 N–H and O–H groups in total. The van der Waals surface area contributed by atoms with Gasteiger partial charge >= 0.3 is 5.97 Å². The lowest BCUT2D eigenvalue weighted by molar-refractivity contribution is 0.0607. The molecule has 7 heteroatoms. The van der Waals surface area contributed by atoms with Crippen molar-refractivity contribution in [2.45, 2.75) is 45.6 Å². The monoisotopic (exact) mass is 349 g/mol. The first-order chi connectivity index (χ1) is 11.3. The third-order valence-electron chi connectivity index (χ3n) is 4.19. The summed E-state index contributed by atoms with van der Waals surface area (Å²) in [4.78, 5) is 20.0. The van der Waals surface area contributed by atoms with E-state index in [1.165, 1.54) is 11.3 Å². The highest BCUT2D eigenvalue weighted by atomic mass is 32.1. The van der Waals surface area contributed by atoms with E-state index in [0.717, 1.165) is 44.1 Å². The molecule has 0 aliphatic carbocycles. The van der Waals surface area contributed by atoms with Crippen LogP contribution in [0, 0.1) is 5.92 Å². The van der Waals surface area contributed by atoms with Crippen LogP contribution in [0.2, 0.25) is 0 Å². The number of ether oxygens (including phenoxy) is 1. The first-order valence-corrected chi connectivity index (χ1v) is 9.07. The number of carboxylic acids is 1. The summed E-state index contributed by atoms with van der Waals surface area (Å²) in [5.41, 5.74) is 0.742. The quantitative estimate of drug-likeness (QED) is 0.915. The highest BCUT2D eigenvalue weighted by molar-refractivity contribution is 7.13. The van der Waals surface area contributed by atoms with Crippen molar-refractivity contribution in [2.24, 2.45) is 5.92 Å². The molecule has 1 saturated heterocycles. The summed E-state index contributed by atoms with van der Waals surface area (Å²) < 4.78 is 7.66. The Labute approximate surface area is 145 Å². The van der Waals surface area contributed by atoms with E-state index in [0.29, 0.717) is 10.9 Å². The zero-order chi connectivity index (χ0) is 17.3. The molecule has 1 aliphatic rings. The van der Waals surface area contributed by atoms with E-state index in [1.54, 1.807) is 5.38 Å². The van der Waals surface area contributed by atoms with E-state index in [9.17, 15) is 4.79 Å². The van der Waals surface area contributed by atoms with E-state index < -0.39 is 5.97 Å². The molecule has 1 fully saturated rings. The van der Waals surface area contributed by atoms with E-state index in [2.05, 4.69) is 30.3 Å². The highest BCUT2D eigenvalue weighted by Gasteiger charge is 2.25. The Morgan fingerprint density at radius 1 is 1.38 bits per heavy atom. The van der Waals surface area contributed by atoms with Gasteiger partial charge in [0.25, 0.3) is 0 Å². The molecule has 1 aliphatic heterocycles. The molecule has 6 nitrogen and oxygen atoms in total. The van der Waals surface area contributed by atoms with Crippen LogP contribution >= 0.6 is 11.3 Å². The van der Waals surface area contributed by atoms with Crippen molar-refractivity contribution in [3.63, 3.8) is 0 Å². The number of aromatic nitrogens is 3. The second kappa shape index (κ2) is 6.64. The number of nitrogens with zero attached hydrogens (tertiary/aromatic N) is 3. The summed E-state index contributed by atoms with van der Waals surface area (Å²) in [7, 11) is 0. The molecule has 130 valence electrons. The molecule has 0 saturated carbocycles. The number of carboxylic acid groups (broad SMARTS) is 1. The van der Waals surface area contributed by atoms with Gasteiger partial charge in [0.15, 0.2) is 5.69 Å². The number of hydrogen-bond acceptors (Lipinski definition) is 5. The summed E-state index contributed by atoms with van der Waals surface area (Å²) in [5, 5.41) is 11.3. The lowest BCUT2D eigenvalue weighted by Gasteiger charge is -2.25. The molecule has 2 aromatic rings. The second-order valence-corrected chi connectivity index (χ2v) is 8.11. The number of imidazole rings is 1. The van der Waals surface area contributed by atoms with E-state index in [-0.39, 0.29) is 11.1 Å². The lowest BCUT2D eigenvalue weighted by atomic mass is 9.94. The third kappa shape index (κ3) is 3.67. The lowest BCUT2D eigenvalue weighted by Crippen LogP contribution is -2.24. The average molecular weight is 349 g/mol. The molecule has 2 aromatic heterocycles. The van der Waals surface area contributed by atoms with Crippen LogP contribution < -0.4 is 0 Å². The van der Waals surface area contributed by atoms with Crippen molar-refractivity contribution in [3.05, 3.63) is 23.1 Å². The molecule has 0 atom stereocenters. The van der Waals surface area contributed by atoms with Crippen molar-refractivity contribution < 1.29 is 14.6 Å². The Kier molecular flexibility index (Phi) is 4.73. The Bertz CT molecular complexity index is 724. The molecule has 0 bridgehead atoms. The van der Waals surface area contributed by atoms with Gasteiger partial charge in [-0.05, 0) is 18.8 Å². The average Bonchev–Trinajstić information content (AvgIpc) is 3.14. The molecule has 3 heterocycles. The SMILES string of the molecule is CC(C)(C)c1nc(-c2nc(C(=O)O)cs2)cn1CC1CCOCC1. The third-order valence-corrected chi connectivity index (χ3v) is 5.05. The van der Waals surface area contributed by atoms with Gasteiger partial charge in [-0.15, -0.1) is 11.3 Å². The van der Waals surface area contributed by atoms with Crippen LogP contribution in [-0.4, -0.2) is 38.8 Å². The van der Waals surface area contributed by atoms with Gasteiger partial charge < -0.3 is 14.4 Å². The van der Waals surface area contributed by atoms with Crippen molar-refractivity contribution in [2.75, 3.05) is 13.2 Å². The topological polar surface area (TPSA) is 77.2 Å². The summed E-state index contributed by atoms with van der Waals surface area (Å²) in [6.07, 6.45) is 4.15. The van der Waals surface area contributed by atoms with Gasteiger partial charge in [-0.1, -0.05) is 20.8 Å². The van der Waals surface area contributed by atoms with Crippen LogP contribution in [0.5, 0.6) is 0 Å². The molecule has 0 radical (unpaired) electrons. The van der Waals surface area contributed by atoms with Gasteiger partial charge in [-0.3, -0.25) is 0 Å². The number of aromatic carboxylic acids is 1. The fourth-order valence-corrected chi connectivity index (χ4v) is 3.70. The van der Waals surface area contributed by atoms with Crippen LogP contribution in [0.25, 0.3) is 10.7 Å². The van der Waals surface area contributed by atoms with E-state index >= 15 is 0 Å². The molecule has 0 amide bonds. The first-order valence-electron chi connectivity index (χ1n) is 8.19. The van der Waals surface area contributed by atoms with Crippen molar-refractivity contribution in [1.82, 2.24) is 14.5 Å². The first kappa shape index (κ1) is 17.1. The molecule has 0 aromatic carbocycles. The van der Waals surface area contributed by atoms with Crippen LogP contribution in [0.3, 0.4) is 0 Å². The fourth-order valence-electron chi connectivity index (χ4n) is 2.95. The zero-order valence-corrected chi connectivity index (χ0v) is 15.1. The second-order valence-electron chi connectivity index (χ2n) is 7.25. The van der Waals surface area contributed by atoms with Gasteiger partial charge in [0.05, 0.1) is 0 Å². The maximum Gasteiger partial charge on any atom is 0.355 e.